The van der Waals surface area contributed by atoms with Gasteiger partial charge in [0.2, 0.25) is 5.69 Å². The molecule has 0 unspecified atom stereocenters. The number of nitrogen functional groups attached to an aromatic ring is 1. The lowest BCUT2D eigenvalue weighted by atomic mass is 10.1. The zero-order chi connectivity index (χ0) is 19.2. The minimum Gasteiger partial charge on any atom is -0.481 e. The largest absolute Gasteiger partial charge is 0.481 e. The summed E-state index contributed by atoms with van der Waals surface area (Å²) in [5, 5.41) is 7.42. The highest BCUT2D eigenvalue weighted by atomic mass is 16.6. The van der Waals surface area contributed by atoms with Crippen LogP contribution in [0.5, 0.6) is 0 Å². The van der Waals surface area contributed by atoms with Crippen LogP contribution in [0, 0.1) is 0 Å². The lowest BCUT2D eigenvalue weighted by Gasteiger charge is -2.19. The van der Waals surface area contributed by atoms with Crippen molar-refractivity contribution in [2.24, 2.45) is 0 Å². The molecule has 2 aromatic rings. The van der Waals surface area contributed by atoms with Crippen LogP contribution in [0.4, 0.5) is 0 Å². The minimum atomic E-state index is -0.833. The second-order valence-electron chi connectivity index (χ2n) is 6.05. The van der Waals surface area contributed by atoms with Crippen LogP contribution in [0.3, 0.4) is 0 Å². The van der Waals surface area contributed by atoms with E-state index in [0.717, 1.165) is 17.2 Å². The molecule has 0 bridgehead atoms. The molecule has 0 saturated carbocycles. The average Bonchev–Trinajstić information content (AvgIpc) is 2.48. The number of hydrogen-bond acceptors (Lipinski definition) is 6. The Morgan fingerprint density at radius 2 is 1.72 bits per heavy atom. The molecule has 0 aliphatic carbocycles. The first-order valence-electron chi connectivity index (χ1n) is 7.38. The van der Waals surface area contributed by atoms with Crippen molar-refractivity contribution < 1.29 is 19.4 Å². The van der Waals surface area contributed by atoms with Crippen molar-refractivity contribution in [1.82, 2.24) is 9.66 Å². The van der Waals surface area contributed by atoms with E-state index in [1.807, 2.05) is 18.2 Å². The number of rotatable bonds is 2. The fourth-order valence-electron chi connectivity index (χ4n) is 1.76. The van der Waals surface area contributed by atoms with E-state index in [9.17, 15) is 9.59 Å². The molecule has 2 rings (SSSR count). The number of carboxylic acid groups (broad SMARTS) is 1. The fourth-order valence-corrected chi connectivity index (χ4v) is 1.76. The summed E-state index contributed by atoms with van der Waals surface area (Å²) in [6, 6.07) is 9.09. The van der Waals surface area contributed by atoms with Gasteiger partial charge in [-0.3, -0.25) is 9.59 Å². The van der Waals surface area contributed by atoms with Gasteiger partial charge in [0.15, 0.2) is 0 Å². The van der Waals surface area contributed by atoms with E-state index < -0.39 is 23.1 Å². The number of carbonyl (C=O) groups excluding carboxylic acids is 1. The van der Waals surface area contributed by atoms with Crippen LogP contribution in [0.25, 0.3) is 11.3 Å². The van der Waals surface area contributed by atoms with Gasteiger partial charge in [0.1, 0.15) is 5.60 Å². The summed E-state index contributed by atoms with van der Waals surface area (Å²) < 4.78 is 6.04. The lowest BCUT2D eigenvalue weighted by Crippen LogP contribution is -2.36. The van der Waals surface area contributed by atoms with Crippen molar-refractivity contribution in [3.63, 3.8) is 0 Å². The predicted molar refractivity (Wildman–Crippen MR) is 92.6 cm³/mol. The Morgan fingerprint density at radius 1 is 1.20 bits per heavy atom. The van der Waals surface area contributed by atoms with Crippen LogP contribution in [0.2, 0.25) is 0 Å². The summed E-state index contributed by atoms with van der Waals surface area (Å²) in [6.07, 6.45) is 1.38. The first-order valence-corrected chi connectivity index (χ1v) is 7.38. The van der Waals surface area contributed by atoms with Crippen LogP contribution in [-0.4, -0.2) is 32.3 Å². The quantitative estimate of drug-likeness (QED) is 0.625. The molecule has 8 nitrogen and oxygen atoms in total. The van der Waals surface area contributed by atoms with Gasteiger partial charge in [0.05, 0.1) is 11.9 Å². The number of carboxylic acids is 1. The average molecular weight is 347 g/mol. The summed E-state index contributed by atoms with van der Waals surface area (Å²) in [6.45, 7) is 6.22. The van der Waals surface area contributed by atoms with Gasteiger partial charge >= 0.3 is 11.5 Å². The molecule has 0 saturated heterocycles. The van der Waals surface area contributed by atoms with Crippen molar-refractivity contribution in [2.75, 3.05) is 5.84 Å². The molecule has 0 atom stereocenters. The third kappa shape index (κ3) is 6.09. The van der Waals surface area contributed by atoms with Gasteiger partial charge in [0.25, 0.3) is 5.97 Å². The molecule has 0 amide bonds. The first-order chi connectivity index (χ1) is 11.5. The SMILES string of the molecule is CC(=O)O.CC(C)(C)OC(=O)c1ncc(-c2ccccc2)n(N)c1=O. The Labute approximate surface area is 144 Å². The number of ether oxygens (including phenoxy) is 1. The highest BCUT2D eigenvalue weighted by molar-refractivity contribution is 5.87. The highest BCUT2D eigenvalue weighted by Crippen LogP contribution is 2.15. The molecule has 0 aliphatic rings. The van der Waals surface area contributed by atoms with E-state index in [0.29, 0.717) is 5.69 Å². The van der Waals surface area contributed by atoms with Crippen molar-refractivity contribution in [2.45, 2.75) is 33.3 Å². The number of benzene rings is 1. The standard InChI is InChI=1S/C15H17N3O3.C2H4O2/c1-15(2,3)21-14(20)12-13(19)18(16)11(9-17-12)10-7-5-4-6-8-10;1-2(3)4/h4-9H,16H2,1-3H3;1H3,(H,3,4). The molecule has 3 N–H and O–H groups in total. The Kier molecular flexibility index (Phi) is 6.44. The Balaban J connectivity index is 0.000000705. The molecule has 134 valence electrons. The maximum atomic E-state index is 12.2. The molecule has 25 heavy (non-hydrogen) atoms. The number of aromatic nitrogens is 2. The molecule has 1 aromatic carbocycles. The van der Waals surface area contributed by atoms with E-state index in [2.05, 4.69) is 4.98 Å². The van der Waals surface area contributed by atoms with E-state index >= 15 is 0 Å². The normalized spacial score (nSPS) is 10.4. The Morgan fingerprint density at radius 3 is 2.20 bits per heavy atom. The van der Waals surface area contributed by atoms with Gasteiger partial charge in [-0.2, -0.15) is 0 Å². The van der Waals surface area contributed by atoms with Crippen molar-refractivity contribution in [3.05, 3.63) is 52.6 Å². The summed E-state index contributed by atoms with van der Waals surface area (Å²) in [5.74, 6) is 4.15. The van der Waals surface area contributed by atoms with Crippen LogP contribution in [-0.2, 0) is 9.53 Å². The second-order valence-corrected chi connectivity index (χ2v) is 6.05. The molecule has 8 heteroatoms. The molecule has 1 heterocycles. The fraction of sp³-hybridized carbons (Fsp3) is 0.294. The molecule has 0 aliphatic heterocycles. The Bertz CT molecular complexity index is 803. The summed E-state index contributed by atoms with van der Waals surface area (Å²) in [7, 11) is 0. The van der Waals surface area contributed by atoms with E-state index in [4.69, 9.17) is 20.5 Å². The van der Waals surface area contributed by atoms with Gasteiger partial charge in [-0.05, 0) is 20.8 Å². The van der Waals surface area contributed by atoms with E-state index in [-0.39, 0.29) is 5.69 Å². The second kappa shape index (κ2) is 8.09. The summed E-state index contributed by atoms with van der Waals surface area (Å²) >= 11 is 0. The summed E-state index contributed by atoms with van der Waals surface area (Å²) in [5.41, 5.74) is -0.561. The van der Waals surface area contributed by atoms with E-state index in [1.165, 1.54) is 6.20 Å². The summed E-state index contributed by atoms with van der Waals surface area (Å²) in [4.78, 5) is 37.0. The minimum absolute atomic E-state index is 0.327. The number of hydrogen-bond donors (Lipinski definition) is 2. The molecule has 0 fully saturated rings. The van der Waals surface area contributed by atoms with Gasteiger partial charge in [0, 0.05) is 12.5 Å². The maximum absolute atomic E-state index is 12.2. The van der Waals surface area contributed by atoms with Crippen molar-refractivity contribution in [1.29, 1.82) is 0 Å². The van der Waals surface area contributed by atoms with Crippen molar-refractivity contribution in [3.8, 4) is 11.3 Å². The van der Waals surface area contributed by atoms with Crippen LogP contribution >= 0.6 is 0 Å². The maximum Gasteiger partial charge on any atom is 0.363 e. The van der Waals surface area contributed by atoms with Gasteiger partial charge in [-0.25, -0.2) is 14.5 Å². The molecule has 0 radical (unpaired) electrons. The number of esters is 1. The van der Waals surface area contributed by atoms with Gasteiger partial charge < -0.3 is 15.7 Å². The van der Waals surface area contributed by atoms with Crippen LogP contribution < -0.4 is 11.4 Å². The lowest BCUT2D eigenvalue weighted by molar-refractivity contribution is -0.134. The zero-order valence-electron chi connectivity index (χ0n) is 14.5. The molecular formula is C17H21N3O5. The van der Waals surface area contributed by atoms with Crippen LogP contribution in [0.1, 0.15) is 38.2 Å². The monoisotopic (exact) mass is 347 g/mol. The van der Waals surface area contributed by atoms with Crippen molar-refractivity contribution >= 4 is 11.9 Å². The first kappa shape index (κ1) is 19.9. The molecule has 1 aromatic heterocycles. The molecule has 0 spiro atoms. The third-order valence-corrected chi connectivity index (χ3v) is 2.66. The zero-order valence-corrected chi connectivity index (χ0v) is 14.5. The molecular weight excluding hydrogens is 326 g/mol. The smallest absolute Gasteiger partial charge is 0.363 e. The third-order valence-electron chi connectivity index (χ3n) is 2.66. The number of nitrogens with zero attached hydrogens (tertiary/aromatic N) is 2. The topological polar surface area (TPSA) is 125 Å². The van der Waals surface area contributed by atoms with Gasteiger partial charge in [-0.1, -0.05) is 30.3 Å². The Hall–Kier alpha value is -3.16. The highest BCUT2D eigenvalue weighted by Gasteiger charge is 2.23. The number of nitrogens with two attached hydrogens (primary N) is 1. The van der Waals surface area contributed by atoms with E-state index in [1.54, 1.807) is 32.9 Å². The van der Waals surface area contributed by atoms with Gasteiger partial charge in [-0.15, -0.1) is 0 Å². The predicted octanol–water partition coefficient (Wildman–Crippen LogP) is 1.67. The number of carbonyl (C=O) groups is 2. The number of aliphatic carboxylic acids is 1. The van der Waals surface area contributed by atoms with Crippen LogP contribution in [0.15, 0.2) is 41.3 Å².